The highest BCUT2D eigenvalue weighted by molar-refractivity contribution is 5.95. The minimum absolute atomic E-state index is 0.0249. The maximum atomic E-state index is 13.4. The first-order valence-electron chi connectivity index (χ1n) is 11.7. The van der Waals surface area contributed by atoms with E-state index in [0.717, 1.165) is 22.2 Å². The molecular formula is C27H27F2NO5. The second-order valence-corrected chi connectivity index (χ2v) is 10.5. The molecule has 0 spiro atoms. The van der Waals surface area contributed by atoms with Crippen molar-refractivity contribution in [2.45, 2.75) is 70.1 Å². The van der Waals surface area contributed by atoms with E-state index < -0.39 is 17.7 Å². The molecule has 1 fully saturated rings. The Morgan fingerprint density at radius 1 is 1.03 bits per heavy atom. The van der Waals surface area contributed by atoms with Crippen molar-refractivity contribution < 1.29 is 33.0 Å². The summed E-state index contributed by atoms with van der Waals surface area (Å²) in [4.78, 5) is 24.6. The first-order chi connectivity index (χ1) is 16.4. The summed E-state index contributed by atoms with van der Waals surface area (Å²) in [5.74, 6) is -0.903. The number of hydrogen-bond donors (Lipinski definition) is 1. The van der Waals surface area contributed by atoms with Gasteiger partial charge in [-0.25, -0.2) is 0 Å². The molecule has 0 radical (unpaired) electrons. The lowest BCUT2D eigenvalue weighted by Crippen LogP contribution is -2.26. The Balaban J connectivity index is 1.41. The first kappa shape index (κ1) is 23.3. The van der Waals surface area contributed by atoms with Gasteiger partial charge >= 0.3 is 12.3 Å². The zero-order valence-corrected chi connectivity index (χ0v) is 19.9. The lowest BCUT2D eigenvalue weighted by atomic mass is 9.87. The predicted octanol–water partition coefficient (Wildman–Crippen LogP) is 5.58. The summed E-state index contributed by atoms with van der Waals surface area (Å²) >= 11 is 0. The highest BCUT2D eigenvalue weighted by Gasteiger charge is 2.52. The lowest BCUT2D eigenvalue weighted by molar-refractivity contribution is -0.286. The number of rotatable bonds is 7. The van der Waals surface area contributed by atoms with Crippen LogP contribution in [0.3, 0.4) is 0 Å². The average Bonchev–Trinajstić information content (AvgIpc) is 3.39. The number of carbonyl (C=O) groups is 2. The van der Waals surface area contributed by atoms with Crippen LogP contribution in [0.1, 0.15) is 56.9 Å². The molecule has 8 heteroatoms. The van der Waals surface area contributed by atoms with Gasteiger partial charge in [-0.3, -0.25) is 9.59 Å². The van der Waals surface area contributed by atoms with Crippen LogP contribution in [0.5, 0.6) is 11.5 Å². The van der Waals surface area contributed by atoms with Crippen LogP contribution >= 0.6 is 0 Å². The third kappa shape index (κ3) is 4.26. The third-order valence-electron chi connectivity index (χ3n) is 6.89. The van der Waals surface area contributed by atoms with Crippen LogP contribution in [0.4, 0.5) is 8.78 Å². The molecule has 0 unspecified atom stereocenters. The molecular weight excluding hydrogens is 456 g/mol. The Hall–Kier alpha value is -3.42. The van der Waals surface area contributed by atoms with Crippen LogP contribution in [-0.2, 0) is 33.4 Å². The summed E-state index contributed by atoms with van der Waals surface area (Å²) in [6.07, 6.45) is -2.14. The number of aliphatic carboxylic acids is 1. The van der Waals surface area contributed by atoms with Crippen molar-refractivity contribution in [3.05, 3.63) is 59.3 Å². The van der Waals surface area contributed by atoms with Gasteiger partial charge in [0, 0.05) is 35.0 Å². The number of fused-ring (bicyclic) bond motifs is 2. The van der Waals surface area contributed by atoms with E-state index in [-0.39, 0.29) is 35.5 Å². The molecule has 184 valence electrons. The number of Topliss-reactive ketones (excluding diaryl/α,β-unsaturated/α-hetero) is 1. The van der Waals surface area contributed by atoms with Gasteiger partial charge in [0.05, 0.1) is 11.8 Å². The standard InChI is InChI=1S/C27H27F2NO5/c1-25(2,3)22-14-17-12-16(4-6-19(17)30(22)11-8-24(32)33)13-23(31)26(9-10-26)18-5-7-20-21(15-18)35-27(28,29)34-20/h4-7,12,14-15H,8-11,13H2,1-3H3,(H,32,33). The summed E-state index contributed by atoms with van der Waals surface area (Å²) in [6.45, 7) is 6.62. The number of ether oxygens (including phenoxy) is 2. The van der Waals surface area contributed by atoms with Crippen LogP contribution in [0.25, 0.3) is 10.9 Å². The minimum Gasteiger partial charge on any atom is -0.481 e. The molecule has 6 nitrogen and oxygen atoms in total. The maximum Gasteiger partial charge on any atom is 0.586 e. The van der Waals surface area contributed by atoms with Crippen LogP contribution in [0.2, 0.25) is 0 Å². The number of ketones is 1. The van der Waals surface area contributed by atoms with E-state index in [4.69, 9.17) is 0 Å². The fraction of sp³-hybridized carbons (Fsp3) is 0.407. The number of aryl methyl sites for hydroxylation is 1. The number of halogens is 2. The number of benzene rings is 2. The van der Waals surface area contributed by atoms with Gasteiger partial charge in [-0.2, -0.15) is 0 Å². The van der Waals surface area contributed by atoms with E-state index in [1.807, 2.05) is 22.8 Å². The van der Waals surface area contributed by atoms with Gasteiger partial charge in [0.15, 0.2) is 11.5 Å². The van der Waals surface area contributed by atoms with Gasteiger partial charge in [-0.15, -0.1) is 8.78 Å². The number of carboxylic acids is 1. The fourth-order valence-corrected chi connectivity index (χ4v) is 4.95. The molecule has 0 atom stereocenters. The smallest absolute Gasteiger partial charge is 0.481 e. The molecule has 1 N–H and O–H groups in total. The van der Waals surface area contributed by atoms with E-state index in [1.165, 1.54) is 12.1 Å². The third-order valence-corrected chi connectivity index (χ3v) is 6.89. The van der Waals surface area contributed by atoms with Gasteiger partial charge in [0.2, 0.25) is 0 Å². The largest absolute Gasteiger partial charge is 0.586 e. The van der Waals surface area contributed by atoms with Crippen molar-refractivity contribution in [3.8, 4) is 11.5 Å². The van der Waals surface area contributed by atoms with Crippen molar-refractivity contribution in [1.82, 2.24) is 4.57 Å². The van der Waals surface area contributed by atoms with Crippen LogP contribution in [0.15, 0.2) is 42.5 Å². The number of nitrogens with zero attached hydrogens (tertiary/aromatic N) is 1. The Morgan fingerprint density at radius 3 is 2.40 bits per heavy atom. The van der Waals surface area contributed by atoms with E-state index in [0.29, 0.717) is 24.9 Å². The maximum absolute atomic E-state index is 13.4. The molecule has 35 heavy (non-hydrogen) atoms. The molecule has 1 aliphatic carbocycles. The number of alkyl halides is 2. The summed E-state index contributed by atoms with van der Waals surface area (Å²) in [7, 11) is 0. The zero-order valence-electron chi connectivity index (χ0n) is 19.9. The Labute approximate surface area is 201 Å². The molecule has 2 heterocycles. The van der Waals surface area contributed by atoms with E-state index in [1.54, 1.807) is 6.07 Å². The number of carbonyl (C=O) groups excluding carboxylic acids is 1. The topological polar surface area (TPSA) is 77.8 Å². The van der Waals surface area contributed by atoms with Gasteiger partial charge in [-0.05, 0) is 54.3 Å². The van der Waals surface area contributed by atoms with E-state index in [2.05, 4.69) is 36.3 Å². The SMILES string of the molecule is CC(C)(C)c1cc2cc(CC(=O)C3(c4ccc5c(c4)OC(F)(F)O5)CC3)ccc2n1CCC(=O)O. The van der Waals surface area contributed by atoms with Crippen molar-refractivity contribution in [3.63, 3.8) is 0 Å². The van der Waals surface area contributed by atoms with Crippen molar-refractivity contribution >= 4 is 22.7 Å². The molecule has 1 aliphatic heterocycles. The van der Waals surface area contributed by atoms with Crippen molar-refractivity contribution in [1.29, 1.82) is 0 Å². The summed E-state index contributed by atoms with van der Waals surface area (Å²) < 4.78 is 37.9. The summed E-state index contributed by atoms with van der Waals surface area (Å²) in [6, 6.07) is 12.5. The molecule has 0 saturated heterocycles. The van der Waals surface area contributed by atoms with Crippen LogP contribution in [0, 0.1) is 0 Å². The highest BCUT2D eigenvalue weighted by atomic mass is 19.3. The average molecular weight is 484 g/mol. The fourth-order valence-electron chi connectivity index (χ4n) is 4.95. The normalized spacial score (nSPS) is 17.5. The van der Waals surface area contributed by atoms with Crippen LogP contribution < -0.4 is 9.47 Å². The van der Waals surface area contributed by atoms with Gasteiger partial charge in [0.25, 0.3) is 0 Å². The predicted molar refractivity (Wildman–Crippen MR) is 125 cm³/mol. The van der Waals surface area contributed by atoms with Crippen molar-refractivity contribution in [2.75, 3.05) is 0 Å². The Morgan fingerprint density at radius 2 is 1.74 bits per heavy atom. The quantitative estimate of drug-likeness (QED) is 0.475. The summed E-state index contributed by atoms with van der Waals surface area (Å²) in [5.41, 5.74) is 2.62. The Bertz CT molecular complexity index is 1350. The number of hydrogen-bond acceptors (Lipinski definition) is 4. The van der Waals surface area contributed by atoms with E-state index in [9.17, 15) is 23.5 Å². The molecule has 3 aromatic rings. The second-order valence-electron chi connectivity index (χ2n) is 10.5. The highest BCUT2D eigenvalue weighted by Crippen LogP contribution is 2.52. The van der Waals surface area contributed by atoms with E-state index >= 15 is 0 Å². The summed E-state index contributed by atoms with van der Waals surface area (Å²) in [5, 5.41) is 10.1. The molecule has 1 saturated carbocycles. The first-order valence-corrected chi connectivity index (χ1v) is 11.7. The number of aromatic nitrogens is 1. The molecule has 0 amide bonds. The van der Waals surface area contributed by atoms with Gasteiger partial charge in [-0.1, -0.05) is 32.9 Å². The van der Waals surface area contributed by atoms with Crippen LogP contribution in [-0.4, -0.2) is 27.7 Å². The number of carboxylic acid groups (broad SMARTS) is 1. The lowest BCUT2D eigenvalue weighted by Gasteiger charge is -2.21. The van der Waals surface area contributed by atoms with Gasteiger partial charge < -0.3 is 19.1 Å². The van der Waals surface area contributed by atoms with Crippen molar-refractivity contribution in [2.24, 2.45) is 0 Å². The van der Waals surface area contributed by atoms with Gasteiger partial charge in [0.1, 0.15) is 5.78 Å². The monoisotopic (exact) mass is 483 g/mol. The molecule has 2 aliphatic rings. The Kier molecular flexibility index (Phi) is 5.20. The minimum atomic E-state index is -3.69. The molecule has 2 aromatic carbocycles. The second kappa shape index (κ2) is 7.80. The zero-order chi connectivity index (χ0) is 25.2. The molecule has 1 aromatic heterocycles. The molecule has 0 bridgehead atoms. The molecule has 5 rings (SSSR count).